The summed E-state index contributed by atoms with van der Waals surface area (Å²) < 4.78 is 4.96. The second-order valence-electron chi connectivity index (χ2n) is 6.67. The van der Waals surface area contributed by atoms with Gasteiger partial charge in [-0.05, 0) is 44.0 Å². The maximum atomic E-state index is 12.0. The van der Waals surface area contributed by atoms with Crippen molar-refractivity contribution in [2.45, 2.75) is 52.0 Å². The van der Waals surface area contributed by atoms with E-state index >= 15 is 0 Å². The lowest BCUT2D eigenvalue weighted by Crippen LogP contribution is -2.45. The highest BCUT2D eigenvalue weighted by Gasteiger charge is 2.16. The predicted octanol–water partition coefficient (Wildman–Crippen LogP) is 2.85. The topological polar surface area (TPSA) is 87.7 Å². The number of esters is 1. The maximum Gasteiger partial charge on any atom is 0.338 e. The maximum absolute atomic E-state index is 12.0. The van der Waals surface area contributed by atoms with Crippen LogP contribution in [0.2, 0.25) is 0 Å². The average Bonchev–Trinajstić information content (AvgIpc) is 2.66. The summed E-state index contributed by atoms with van der Waals surface area (Å²) in [7, 11) is 0. The van der Waals surface area contributed by atoms with Gasteiger partial charge in [-0.3, -0.25) is 4.79 Å². The third-order valence-corrected chi connectivity index (χ3v) is 4.63. The highest BCUT2D eigenvalue weighted by molar-refractivity contribution is 5.93. The third kappa shape index (κ3) is 6.58. The minimum atomic E-state index is -0.389. The molecule has 1 saturated carbocycles. The van der Waals surface area contributed by atoms with Gasteiger partial charge in [0.2, 0.25) is 5.91 Å². The summed E-state index contributed by atoms with van der Waals surface area (Å²) >= 11 is 0. The molecule has 2 rings (SSSR count). The third-order valence-electron chi connectivity index (χ3n) is 4.63. The number of nitrogens with one attached hydrogen (secondary N) is 2. The van der Waals surface area contributed by atoms with Gasteiger partial charge in [0.05, 0.1) is 12.2 Å². The van der Waals surface area contributed by atoms with Crippen molar-refractivity contribution in [2.75, 3.05) is 24.6 Å². The highest BCUT2D eigenvalue weighted by atomic mass is 16.5. The number of carbonyl (C=O) groups is 3. The van der Waals surface area contributed by atoms with E-state index in [1.165, 1.54) is 13.3 Å². The Hall–Kier alpha value is -2.57. The van der Waals surface area contributed by atoms with Crippen molar-refractivity contribution in [3.05, 3.63) is 29.8 Å². The van der Waals surface area contributed by atoms with E-state index in [1.807, 2.05) is 0 Å². The van der Waals surface area contributed by atoms with Gasteiger partial charge >= 0.3 is 12.0 Å². The largest absolute Gasteiger partial charge is 0.462 e. The van der Waals surface area contributed by atoms with E-state index in [1.54, 1.807) is 36.1 Å². The van der Waals surface area contributed by atoms with Crippen molar-refractivity contribution >= 4 is 23.6 Å². The minimum absolute atomic E-state index is 0.131. The van der Waals surface area contributed by atoms with Gasteiger partial charge in [0.25, 0.3) is 0 Å². The fourth-order valence-corrected chi connectivity index (χ4v) is 3.22. The fourth-order valence-electron chi connectivity index (χ4n) is 3.22. The number of ether oxygens (including phenoxy) is 1. The molecule has 0 spiro atoms. The molecule has 27 heavy (non-hydrogen) atoms. The molecule has 1 fully saturated rings. The van der Waals surface area contributed by atoms with Crippen LogP contribution in [0.4, 0.5) is 10.5 Å². The lowest BCUT2D eigenvalue weighted by molar-refractivity contribution is -0.116. The Morgan fingerprint density at radius 2 is 1.78 bits per heavy atom. The lowest BCUT2D eigenvalue weighted by atomic mass is 9.96. The molecule has 1 aliphatic carbocycles. The van der Waals surface area contributed by atoms with Crippen molar-refractivity contribution in [3.8, 4) is 0 Å². The number of nitrogens with zero attached hydrogens (tertiary/aromatic N) is 1. The molecule has 0 heterocycles. The number of benzene rings is 1. The van der Waals surface area contributed by atoms with Crippen LogP contribution in [0.1, 0.15) is 56.3 Å². The number of urea groups is 1. The normalized spacial score (nSPS) is 14.3. The molecular formula is C20H29N3O4. The second-order valence-corrected chi connectivity index (χ2v) is 6.67. The Balaban J connectivity index is 1.85. The van der Waals surface area contributed by atoms with E-state index in [0.29, 0.717) is 30.9 Å². The quantitative estimate of drug-likeness (QED) is 0.718. The van der Waals surface area contributed by atoms with Gasteiger partial charge in [-0.15, -0.1) is 0 Å². The molecule has 0 radical (unpaired) electrons. The first-order valence-corrected chi connectivity index (χ1v) is 9.61. The molecule has 0 bridgehead atoms. The number of hydrogen-bond donors (Lipinski definition) is 2. The van der Waals surface area contributed by atoms with Crippen LogP contribution in [0.5, 0.6) is 0 Å². The van der Waals surface area contributed by atoms with Gasteiger partial charge in [-0.2, -0.15) is 0 Å². The Kier molecular flexibility index (Phi) is 8.10. The molecule has 0 aromatic heterocycles. The molecular weight excluding hydrogens is 346 g/mol. The van der Waals surface area contributed by atoms with E-state index in [2.05, 4.69) is 10.6 Å². The first kappa shape index (κ1) is 20.7. The van der Waals surface area contributed by atoms with Crippen LogP contribution in [0.3, 0.4) is 0 Å². The van der Waals surface area contributed by atoms with Gasteiger partial charge in [0.15, 0.2) is 0 Å². The Labute approximate surface area is 160 Å². The summed E-state index contributed by atoms with van der Waals surface area (Å²) in [5.74, 6) is -0.521. The van der Waals surface area contributed by atoms with Crippen molar-refractivity contribution in [1.29, 1.82) is 0 Å². The predicted molar refractivity (Wildman–Crippen MR) is 104 cm³/mol. The van der Waals surface area contributed by atoms with Crippen LogP contribution in [-0.2, 0) is 9.53 Å². The Bertz CT molecular complexity index is 639. The van der Waals surface area contributed by atoms with Crippen LogP contribution in [-0.4, -0.2) is 43.6 Å². The van der Waals surface area contributed by atoms with Gasteiger partial charge in [-0.1, -0.05) is 19.3 Å². The zero-order valence-electron chi connectivity index (χ0n) is 16.1. The van der Waals surface area contributed by atoms with Crippen molar-refractivity contribution in [1.82, 2.24) is 10.6 Å². The summed E-state index contributed by atoms with van der Waals surface area (Å²) in [6.45, 7) is 4.24. The summed E-state index contributed by atoms with van der Waals surface area (Å²) in [4.78, 5) is 37.2. The highest BCUT2D eigenvalue weighted by Crippen LogP contribution is 2.17. The van der Waals surface area contributed by atoms with E-state index in [0.717, 1.165) is 25.7 Å². The standard InChI is InChI=1S/C20H29N3O4/c1-3-27-19(25)16-9-11-18(12-10-16)23(15(2)24)14-13-21-20(26)22-17-7-5-4-6-8-17/h9-12,17H,3-8,13-14H2,1-2H3,(H2,21,22,26). The SMILES string of the molecule is CCOC(=O)c1ccc(N(CCNC(=O)NC2CCCCC2)C(C)=O)cc1. The number of anilines is 1. The van der Waals surface area contributed by atoms with Crippen LogP contribution in [0.25, 0.3) is 0 Å². The van der Waals surface area contributed by atoms with Gasteiger partial charge in [0.1, 0.15) is 0 Å². The summed E-state index contributed by atoms with van der Waals surface area (Å²) in [5, 5.41) is 5.80. The molecule has 1 aromatic rings. The minimum Gasteiger partial charge on any atom is -0.462 e. The van der Waals surface area contributed by atoms with E-state index in [9.17, 15) is 14.4 Å². The second kappa shape index (κ2) is 10.5. The van der Waals surface area contributed by atoms with Crippen molar-refractivity contribution in [2.24, 2.45) is 0 Å². The van der Waals surface area contributed by atoms with Crippen LogP contribution < -0.4 is 15.5 Å². The Morgan fingerprint density at radius 1 is 1.11 bits per heavy atom. The average molecular weight is 375 g/mol. The molecule has 2 N–H and O–H groups in total. The smallest absolute Gasteiger partial charge is 0.338 e. The first-order valence-electron chi connectivity index (χ1n) is 9.61. The van der Waals surface area contributed by atoms with Gasteiger partial charge in [-0.25, -0.2) is 9.59 Å². The number of hydrogen-bond acceptors (Lipinski definition) is 4. The van der Waals surface area contributed by atoms with Crippen LogP contribution in [0, 0.1) is 0 Å². The number of amides is 3. The van der Waals surface area contributed by atoms with E-state index < -0.39 is 0 Å². The molecule has 3 amide bonds. The summed E-state index contributed by atoms with van der Waals surface area (Å²) in [6, 6.07) is 6.73. The van der Waals surface area contributed by atoms with Crippen LogP contribution in [0.15, 0.2) is 24.3 Å². The van der Waals surface area contributed by atoms with Crippen molar-refractivity contribution in [3.63, 3.8) is 0 Å². The van der Waals surface area contributed by atoms with Gasteiger partial charge < -0.3 is 20.3 Å². The zero-order chi connectivity index (χ0) is 19.6. The first-order chi connectivity index (χ1) is 13.0. The zero-order valence-corrected chi connectivity index (χ0v) is 16.1. The van der Waals surface area contributed by atoms with Crippen LogP contribution >= 0.6 is 0 Å². The molecule has 1 aliphatic rings. The van der Waals surface area contributed by atoms with Gasteiger partial charge in [0, 0.05) is 31.7 Å². The molecule has 7 heteroatoms. The number of rotatable bonds is 7. The molecule has 148 valence electrons. The summed E-state index contributed by atoms with van der Waals surface area (Å²) in [5.41, 5.74) is 1.11. The molecule has 0 aliphatic heterocycles. The van der Waals surface area contributed by atoms with E-state index in [4.69, 9.17) is 4.74 Å². The molecule has 0 atom stereocenters. The molecule has 1 aromatic carbocycles. The monoisotopic (exact) mass is 375 g/mol. The number of carbonyl (C=O) groups excluding carboxylic acids is 3. The fraction of sp³-hybridized carbons (Fsp3) is 0.550. The summed E-state index contributed by atoms with van der Waals surface area (Å²) in [6.07, 6.45) is 5.61. The molecule has 0 saturated heterocycles. The lowest BCUT2D eigenvalue weighted by Gasteiger charge is -2.24. The molecule has 7 nitrogen and oxygen atoms in total. The van der Waals surface area contributed by atoms with E-state index in [-0.39, 0.29) is 23.9 Å². The van der Waals surface area contributed by atoms with Crippen molar-refractivity contribution < 1.29 is 19.1 Å². The molecule has 0 unspecified atom stereocenters. The Morgan fingerprint density at radius 3 is 2.37 bits per heavy atom.